The van der Waals surface area contributed by atoms with Crippen LogP contribution in [-0.4, -0.2) is 10.7 Å². The van der Waals surface area contributed by atoms with Crippen LogP contribution in [0.2, 0.25) is 0 Å². The summed E-state index contributed by atoms with van der Waals surface area (Å²) in [7, 11) is 0. The van der Waals surface area contributed by atoms with Crippen molar-refractivity contribution in [2.24, 2.45) is 5.92 Å². The Hall–Kier alpha value is -0.820. The van der Waals surface area contributed by atoms with E-state index in [1.54, 1.807) is 0 Å². The first kappa shape index (κ1) is 25.4. The second-order valence-electron chi connectivity index (χ2n) is 7.21. The number of hydrogen-bond donors (Lipinski definition) is 1. The summed E-state index contributed by atoms with van der Waals surface area (Å²) in [6.45, 7) is 14.9. The van der Waals surface area contributed by atoms with Crippen LogP contribution in [0.4, 0.5) is 0 Å². The lowest BCUT2D eigenvalue weighted by Gasteiger charge is -2.32. The fourth-order valence-electron chi connectivity index (χ4n) is 2.24. The number of aryl methyl sites for hydroxylation is 1. The Morgan fingerprint density at radius 3 is 1.58 bits per heavy atom. The Labute approximate surface area is 152 Å². The van der Waals surface area contributed by atoms with E-state index in [1.807, 2.05) is 25.1 Å². The molecule has 0 amide bonds. The lowest BCUT2D eigenvalue weighted by molar-refractivity contribution is 0.00763. The molecule has 1 fully saturated rings. The monoisotopic (exact) mass is 336 g/mol. The predicted octanol–water partition coefficient (Wildman–Crippen LogP) is 7.56. The van der Waals surface area contributed by atoms with Crippen molar-refractivity contribution in [3.05, 3.63) is 35.9 Å². The zero-order chi connectivity index (χ0) is 18.8. The SMILES string of the molecule is CCC.CCC1CCC(C)(O)CC1.CCCC.Cc1ccccc1. The molecule has 0 spiro atoms. The van der Waals surface area contributed by atoms with Crippen LogP contribution in [0, 0.1) is 12.8 Å². The van der Waals surface area contributed by atoms with Crippen LogP contribution in [0.3, 0.4) is 0 Å². The molecule has 0 bridgehead atoms. The van der Waals surface area contributed by atoms with Crippen LogP contribution in [-0.2, 0) is 0 Å². The first-order valence-electron chi connectivity index (χ1n) is 10.1. The van der Waals surface area contributed by atoms with Gasteiger partial charge in [0.1, 0.15) is 0 Å². The second kappa shape index (κ2) is 17.0. The molecule has 24 heavy (non-hydrogen) atoms. The van der Waals surface area contributed by atoms with E-state index in [1.165, 1.54) is 44.1 Å². The quantitative estimate of drug-likeness (QED) is 0.591. The molecule has 0 saturated heterocycles. The summed E-state index contributed by atoms with van der Waals surface area (Å²) in [5.41, 5.74) is 0.980. The lowest BCUT2D eigenvalue weighted by Crippen LogP contribution is -2.30. The minimum absolute atomic E-state index is 0.342. The molecule has 0 heterocycles. The minimum atomic E-state index is -0.342. The van der Waals surface area contributed by atoms with Crippen molar-refractivity contribution in [1.29, 1.82) is 0 Å². The highest BCUT2D eigenvalue weighted by Crippen LogP contribution is 2.32. The first-order valence-corrected chi connectivity index (χ1v) is 10.1. The molecule has 1 heteroatoms. The van der Waals surface area contributed by atoms with Gasteiger partial charge in [-0.1, -0.05) is 96.2 Å². The molecule has 0 atom stereocenters. The Bertz CT molecular complexity index is 330. The first-order chi connectivity index (χ1) is 11.4. The molecular formula is C23H44O. The van der Waals surface area contributed by atoms with Gasteiger partial charge < -0.3 is 5.11 Å². The second-order valence-corrected chi connectivity index (χ2v) is 7.21. The highest BCUT2D eigenvalue weighted by molar-refractivity contribution is 5.11. The number of hydrogen-bond acceptors (Lipinski definition) is 1. The molecule has 1 nitrogen and oxygen atoms in total. The van der Waals surface area contributed by atoms with Crippen LogP contribution in [0.1, 0.15) is 98.5 Å². The molecule has 2 rings (SSSR count). The van der Waals surface area contributed by atoms with E-state index in [9.17, 15) is 5.11 Å². The van der Waals surface area contributed by atoms with Crippen molar-refractivity contribution in [3.63, 3.8) is 0 Å². The van der Waals surface area contributed by atoms with Gasteiger partial charge in [-0.3, -0.25) is 0 Å². The Kier molecular flexibility index (Phi) is 18.0. The van der Waals surface area contributed by atoms with Gasteiger partial charge in [0.05, 0.1) is 5.60 Å². The summed E-state index contributed by atoms with van der Waals surface area (Å²) in [6.07, 6.45) is 9.64. The third kappa shape index (κ3) is 17.5. The molecule has 1 saturated carbocycles. The predicted molar refractivity (Wildman–Crippen MR) is 111 cm³/mol. The Morgan fingerprint density at radius 2 is 1.33 bits per heavy atom. The zero-order valence-electron chi connectivity index (χ0n) is 17.6. The third-order valence-electron chi connectivity index (χ3n) is 4.20. The molecule has 0 aromatic heterocycles. The summed E-state index contributed by atoms with van der Waals surface area (Å²) >= 11 is 0. The van der Waals surface area contributed by atoms with Crippen LogP contribution in [0.25, 0.3) is 0 Å². The smallest absolute Gasteiger partial charge is 0.0620 e. The molecule has 1 aromatic carbocycles. The van der Waals surface area contributed by atoms with Gasteiger partial charge in [-0.05, 0) is 45.4 Å². The normalized spacial score (nSPS) is 21.9. The average molecular weight is 337 g/mol. The molecule has 0 aliphatic heterocycles. The number of rotatable bonds is 2. The largest absolute Gasteiger partial charge is 0.390 e. The zero-order valence-corrected chi connectivity index (χ0v) is 17.6. The molecule has 142 valence electrons. The van der Waals surface area contributed by atoms with E-state index in [4.69, 9.17) is 0 Å². The van der Waals surface area contributed by atoms with Crippen molar-refractivity contribution >= 4 is 0 Å². The van der Waals surface area contributed by atoms with Crippen molar-refractivity contribution in [1.82, 2.24) is 0 Å². The van der Waals surface area contributed by atoms with Crippen LogP contribution < -0.4 is 0 Å². The summed E-state index contributed by atoms with van der Waals surface area (Å²) < 4.78 is 0. The lowest BCUT2D eigenvalue weighted by atomic mass is 9.79. The Balaban J connectivity index is 0. The average Bonchev–Trinajstić information content (AvgIpc) is 2.57. The molecular weight excluding hydrogens is 292 g/mol. The van der Waals surface area contributed by atoms with Gasteiger partial charge in [-0.15, -0.1) is 0 Å². The molecule has 1 aliphatic rings. The Morgan fingerprint density at radius 1 is 0.917 bits per heavy atom. The summed E-state index contributed by atoms with van der Waals surface area (Å²) in [4.78, 5) is 0. The van der Waals surface area contributed by atoms with E-state index in [2.05, 4.69) is 53.7 Å². The highest BCUT2D eigenvalue weighted by Gasteiger charge is 2.27. The van der Waals surface area contributed by atoms with Gasteiger partial charge >= 0.3 is 0 Å². The molecule has 1 aliphatic carbocycles. The number of unbranched alkanes of at least 4 members (excludes halogenated alkanes) is 1. The van der Waals surface area contributed by atoms with Crippen molar-refractivity contribution in [2.45, 2.75) is 105 Å². The van der Waals surface area contributed by atoms with E-state index < -0.39 is 0 Å². The fourth-order valence-corrected chi connectivity index (χ4v) is 2.24. The van der Waals surface area contributed by atoms with Crippen LogP contribution >= 0.6 is 0 Å². The van der Waals surface area contributed by atoms with Gasteiger partial charge in [-0.2, -0.15) is 0 Å². The van der Waals surface area contributed by atoms with Gasteiger partial charge in [0.25, 0.3) is 0 Å². The minimum Gasteiger partial charge on any atom is -0.390 e. The van der Waals surface area contributed by atoms with Crippen LogP contribution in [0.15, 0.2) is 30.3 Å². The molecule has 1 aromatic rings. The number of aliphatic hydroxyl groups is 1. The molecule has 0 unspecified atom stereocenters. The van der Waals surface area contributed by atoms with E-state index in [-0.39, 0.29) is 5.60 Å². The maximum atomic E-state index is 9.59. The summed E-state index contributed by atoms with van der Waals surface area (Å²) in [5, 5.41) is 9.59. The van der Waals surface area contributed by atoms with Crippen molar-refractivity contribution in [2.75, 3.05) is 0 Å². The molecule has 1 N–H and O–H groups in total. The van der Waals surface area contributed by atoms with Crippen molar-refractivity contribution < 1.29 is 5.11 Å². The van der Waals surface area contributed by atoms with Gasteiger partial charge in [0.15, 0.2) is 0 Å². The van der Waals surface area contributed by atoms with Gasteiger partial charge in [-0.25, -0.2) is 0 Å². The molecule has 0 radical (unpaired) electrons. The number of benzene rings is 1. The standard InChI is InChI=1S/C9H18O.C7H8.C4H10.C3H8/c1-3-8-4-6-9(2,10)7-5-8;1-7-5-3-2-4-6-7;1-3-4-2;1-3-2/h8,10H,3-7H2,1-2H3;2-6H,1H3;3-4H2,1-2H3;3H2,1-2H3. The van der Waals surface area contributed by atoms with E-state index in [0.717, 1.165) is 18.8 Å². The van der Waals surface area contributed by atoms with Crippen LogP contribution in [0.5, 0.6) is 0 Å². The summed E-state index contributed by atoms with van der Waals surface area (Å²) in [5.74, 6) is 0.889. The van der Waals surface area contributed by atoms with Crippen molar-refractivity contribution in [3.8, 4) is 0 Å². The summed E-state index contributed by atoms with van der Waals surface area (Å²) in [6, 6.07) is 10.3. The fraction of sp³-hybridized carbons (Fsp3) is 0.739. The maximum absolute atomic E-state index is 9.59. The van der Waals surface area contributed by atoms with E-state index >= 15 is 0 Å². The third-order valence-corrected chi connectivity index (χ3v) is 4.20. The van der Waals surface area contributed by atoms with Gasteiger partial charge in [0, 0.05) is 0 Å². The maximum Gasteiger partial charge on any atom is 0.0620 e. The highest BCUT2D eigenvalue weighted by atomic mass is 16.3. The topological polar surface area (TPSA) is 20.2 Å². The van der Waals surface area contributed by atoms with E-state index in [0.29, 0.717) is 0 Å². The van der Waals surface area contributed by atoms with Gasteiger partial charge in [0.2, 0.25) is 0 Å².